The molecule has 3 aliphatic heterocycles. The molecule has 0 saturated carbocycles. The molecular formula is C33H37ClN4O4S. The number of piperidine rings is 1. The lowest BCUT2D eigenvalue weighted by molar-refractivity contribution is -0.127. The second-order valence-electron chi connectivity index (χ2n) is 12.1. The Morgan fingerprint density at radius 1 is 0.977 bits per heavy atom. The molecule has 0 aliphatic carbocycles. The van der Waals surface area contributed by atoms with E-state index in [-0.39, 0.29) is 29.8 Å². The molecule has 2 saturated heterocycles. The summed E-state index contributed by atoms with van der Waals surface area (Å²) in [5.74, 6) is -0.274. The van der Waals surface area contributed by atoms with E-state index in [9.17, 15) is 18.0 Å². The molecule has 0 radical (unpaired) electrons. The Morgan fingerprint density at radius 2 is 1.70 bits per heavy atom. The van der Waals surface area contributed by atoms with Gasteiger partial charge in [-0.05, 0) is 73.8 Å². The third-order valence-corrected chi connectivity index (χ3v) is 10.7. The molecule has 3 aromatic rings. The van der Waals surface area contributed by atoms with E-state index in [1.807, 2.05) is 72.8 Å². The topological polar surface area (TPSA) is 90.0 Å². The van der Waals surface area contributed by atoms with Crippen molar-refractivity contribution in [2.75, 3.05) is 43.3 Å². The van der Waals surface area contributed by atoms with Gasteiger partial charge in [0.15, 0.2) is 0 Å². The number of nitrogens with one attached hydrogen (secondary N) is 1. The van der Waals surface area contributed by atoms with E-state index in [0.717, 1.165) is 61.3 Å². The van der Waals surface area contributed by atoms with E-state index in [2.05, 4.69) is 16.3 Å². The Labute approximate surface area is 258 Å². The number of sulfonamides is 1. The summed E-state index contributed by atoms with van der Waals surface area (Å²) in [6.07, 6.45) is 4.22. The number of fused-ring (bicyclic) bond motifs is 2. The van der Waals surface area contributed by atoms with Crippen molar-refractivity contribution in [2.45, 2.75) is 43.1 Å². The molecule has 2 fully saturated rings. The summed E-state index contributed by atoms with van der Waals surface area (Å²) in [7, 11) is -3.36. The first-order valence-corrected chi connectivity index (χ1v) is 17.1. The third kappa shape index (κ3) is 6.16. The number of benzene rings is 3. The van der Waals surface area contributed by atoms with Crippen LogP contribution in [0.4, 0.5) is 10.5 Å². The fraction of sp³-hybridized carbons (Fsp3) is 0.394. The quantitative estimate of drug-likeness (QED) is 0.348. The van der Waals surface area contributed by atoms with Crippen molar-refractivity contribution in [3.63, 3.8) is 0 Å². The largest absolute Gasteiger partial charge is 0.325 e. The predicted molar refractivity (Wildman–Crippen MR) is 169 cm³/mol. The maximum atomic E-state index is 13.4. The number of anilines is 1. The monoisotopic (exact) mass is 620 g/mol. The van der Waals surface area contributed by atoms with Crippen molar-refractivity contribution in [2.24, 2.45) is 0 Å². The van der Waals surface area contributed by atoms with Crippen molar-refractivity contribution in [1.82, 2.24) is 15.1 Å². The Hall–Kier alpha value is -3.40. The van der Waals surface area contributed by atoms with Crippen molar-refractivity contribution in [3.8, 4) is 0 Å². The highest BCUT2D eigenvalue weighted by Crippen LogP contribution is 2.47. The summed E-state index contributed by atoms with van der Waals surface area (Å²) in [4.78, 5) is 30.1. The van der Waals surface area contributed by atoms with Crippen molar-refractivity contribution >= 4 is 39.2 Å². The summed E-state index contributed by atoms with van der Waals surface area (Å²) in [6.45, 7) is 3.25. The van der Waals surface area contributed by atoms with Gasteiger partial charge in [-0.25, -0.2) is 13.2 Å². The van der Waals surface area contributed by atoms with E-state index in [1.54, 1.807) is 4.31 Å². The van der Waals surface area contributed by atoms with Gasteiger partial charge in [0.25, 0.3) is 5.91 Å². The van der Waals surface area contributed by atoms with Gasteiger partial charge in [-0.15, -0.1) is 0 Å². The highest BCUT2D eigenvalue weighted by Gasteiger charge is 2.47. The van der Waals surface area contributed by atoms with Gasteiger partial charge in [-0.3, -0.25) is 14.0 Å². The number of urea groups is 1. The first-order valence-electron chi connectivity index (χ1n) is 14.8. The van der Waals surface area contributed by atoms with E-state index >= 15 is 0 Å². The van der Waals surface area contributed by atoms with Crippen molar-refractivity contribution in [3.05, 3.63) is 101 Å². The molecule has 43 heavy (non-hydrogen) atoms. The lowest BCUT2D eigenvalue weighted by Crippen LogP contribution is -2.46. The fourth-order valence-corrected chi connectivity index (χ4v) is 8.13. The van der Waals surface area contributed by atoms with Gasteiger partial charge in [0.05, 0.1) is 11.9 Å². The molecule has 3 amide bonds. The second-order valence-corrected chi connectivity index (χ2v) is 14.4. The van der Waals surface area contributed by atoms with Crippen LogP contribution in [0.2, 0.25) is 5.02 Å². The molecule has 1 spiro atoms. The molecule has 1 unspecified atom stereocenters. The number of rotatable bonds is 9. The third-order valence-electron chi connectivity index (χ3n) is 9.31. The van der Waals surface area contributed by atoms with Gasteiger partial charge >= 0.3 is 6.03 Å². The van der Waals surface area contributed by atoms with Gasteiger partial charge in [0.2, 0.25) is 10.0 Å². The minimum absolute atomic E-state index is 0.0762. The number of hydrogen-bond acceptors (Lipinski definition) is 5. The molecular weight excluding hydrogens is 584 g/mol. The van der Waals surface area contributed by atoms with Gasteiger partial charge in [0.1, 0.15) is 6.04 Å². The van der Waals surface area contributed by atoms with Crippen LogP contribution < -0.4 is 9.62 Å². The summed E-state index contributed by atoms with van der Waals surface area (Å²) >= 11 is 6.36. The molecule has 3 heterocycles. The Bertz CT molecular complexity index is 1610. The highest BCUT2D eigenvalue weighted by atomic mass is 35.5. The van der Waals surface area contributed by atoms with Gasteiger partial charge < -0.3 is 10.2 Å². The number of imide groups is 1. The summed E-state index contributed by atoms with van der Waals surface area (Å²) in [6, 6.07) is 24.3. The van der Waals surface area contributed by atoms with Crippen LogP contribution in [0.3, 0.4) is 0 Å². The van der Waals surface area contributed by atoms with Crippen LogP contribution in [-0.2, 0) is 26.7 Å². The predicted octanol–water partition coefficient (Wildman–Crippen LogP) is 4.79. The number of para-hydroxylation sites is 1. The Morgan fingerprint density at radius 3 is 2.42 bits per heavy atom. The molecule has 8 nitrogen and oxygen atoms in total. The summed E-state index contributed by atoms with van der Waals surface area (Å²) in [5, 5.41) is 3.50. The maximum Gasteiger partial charge on any atom is 0.324 e. The zero-order valence-corrected chi connectivity index (χ0v) is 25.9. The van der Waals surface area contributed by atoms with Crippen LogP contribution in [-0.4, -0.2) is 75.2 Å². The molecule has 2 atom stereocenters. The summed E-state index contributed by atoms with van der Waals surface area (Å²) in [5.41, 5.74) is 3.75. The number of likely N-dealkylation sites (tertiary alicyclic amines) is 1. The first-order chi connectivity index (χ1) is 20.6. The van der Waals surface area contributed by atoms with Gasteiger partial charge in [0, 0.05) is 35.9 Å². The SMILES string of the molecule is CS(=O)(=O)N1CC2(CCN(CCC(CN3C(=O)N[C@H](Cc4ccccc4)C3=O)c3cccc(Cl)c3)CC2)c2ccccc21. The lowest BCUT2D eigenvalue weighted by Gasteiger charge is -2.40. The molecule has 0 bridgehead atoms. The first kappa shape index (κ1) is 29.7. The van der Waals surface area contributed by atoms with Crippen LogP contribution in [0.25, 0.3) is 0 Å². The summed E-state index contributed by atoms with van der Waals surface area (Å²) < 4.78 is 26.7. The maximum absolute atomic E-state index is 13.4. The van der Waals surface area contributed by atoms with E-state index < -0.39 is 16.1 Å². The molecule has 10 heteroatoms. The molecule has 226 valence electrons. The molecule has 1 N–H and O–H groups in total. The Kier molecular flexibility index (Phi) is 8.24. The molecule has 0 aromatic heterocycles. The highest BCUT2D eigenvalue weighted by molar-refractivity contribution is 7.92. The normalized spacial score (nSPS) is 20.8. The molecule has 3 aliphatic rings. The number of nitrogens with zero attached hydrogens (tertiary/aromatic N) is 3. The smallest absolute Gasteiger partial charge is 0.324 e. The van der Waals surface area contributed by atoms with E-state index in [4.69, 9.17) is 11.6 Å². The minimum atomic E-state index is -3.36. The lowest BCUT2D eigenvalue weighted by atomic mass is 9.74. The zero-order valence-electron chi connectivity index (χ0n) is 24.3. The number of halogens is 1. The van der Waals surface area contributed by atoms with Crippen LogP contribution in [0.15, 0.2) is 78.9 Å². The van der Waals surface area contributed by atoms with Crippen LogP contribution in [0, 0.1) is 0 Å². The van der Waals surface area contributed by atoms with Crippen LogP contribution in [0.1, 0.15) is 41.9 Å². The minimum Gasteiger partial charge on any atom is -0.325 e. The standard InChI is InChI=1S/C33H37ClN4O4S/c1-43(41,42)38-23-33(28-12-5-6-13-30(28)38)15-18-36(19-16-33)17-14-26(25-10-7-11-27(34)21-25)22-37-31(39)29(35-32(37)40)20-24-8-3-2-4-9-24/h2-13,21,26,29H,14-20,22-23H2,1H3,(H,35,40)/t26?,29-/m1/s1. The number of hydrogen-bond donors (Lipinski definition) is 1. The molecule has 6 rings (SSSR count). The zero-order chi connectivity index (χ0) is 30.2. The molecule has 3 aromatic carbocycles. The van der Waals surface area contributed by atoms with Crippen LogP contribution >= 0.6 is 11.6 Å². The van der Waals surface area contributed by atoms with Crippen LogP contribution in [0.5, 0.6) is 0 Å². The second kappa shape index (κ2) is 11.9. The van der Waals surface area contributed by atoms with Gasteiger partial charge in [-0.1, -0.05) is 72.3 Å². The van der Waals surface area contributed by atoms with Gasteiger partial charge in [-0.2, -0.15) is 0 Å². The van der Waals surface area contributed by atoms with E-state index in [0.29, 0.717) is 18.0 Å². The number of carbonyl (C=O) groups is 2. The van der Waals surface area contributed by atoms with Crippen molar-refractivity contribution < 1.29 is 18.0 Å². The average molecular weight is 621 g/mol. The Balaban J connectivity index is 1.13. The fourth-order valence-electron chi connectivity index (χ4n) is 6.93. The van der Waals surface area contributed by atoms with E-state index in [1.165, 1.54) is 11.2 Å². The number of amides is 3. The number of carbonyl (C=O) groups excluding carboxylic acids is 2. The average Bonchev–Trinajstić information content (AvgIpc) is 3.45. The van der Waals surface area contributed by atoms with Crippen molar-refractivity contribution in [1.29, 1.82) is 0 Å².